The van der Waals surface area contributed by atoms with Gasteiger partial charge in [-0.2, -0.15) is 0 Å². The van der Waals surface area contributed by atoms with Crippen LogP contribution in [-0.2, 0) is 0 Å². The highest BCUT2D eigenvalue weighted by Gasteiger charge is 2.20. The first-order valence-corrected chi connectivity index (χ1v) is 6.66. The number of hydrogen-bond donors (Lipinski definition) is 2. The molecule has 1 atom stereocenters. The number of anilines is 1. The molecule has 0 radical (unpaired) electrons. The summed E-state index contributed by atoms with van der Waals surface area (Å²) in [6.07, 6.45) is 3.01. The second kappa shape index (κ2) is 4.93. The van der Waals surface area contributed by atoms with Crippen molar-refractivity contribution >= 4 is 17.0 Å². The molecule has 1 aliphatic rings. The predicted molar refractivity (Wildman–Crippen MR) is 76.5 cm³/mol. The summed E-state index contributed by atoms with van der Waals surface area (Å²) < 4.78 is 11.6. The number of para-hydroxylation sites is 2. The Morgan fingerprint density at radius 1 is 1.19 bits per heavy atom. The van der Waals surface area contributed by atoms with E-state index in [0.717, 1.165) is 17.0 Å². The zero-order valence-electron chi connectivity index (χ0n) is 11.1. The number of aromatic nitrogens is 4. The molecule has 1 aromatic carbocycles. The van der Waals surface area contributed by atoms with Gasteiger partial charge in [0.2, 0.25) is 0 Å². The van der Waals surface area contributed by atoms with E-state index in [-0.39, 0.29) is 6.10 Å². The average molecular weight is 283 g/mol. The Morgan fingerprint density at radius 3 is 3.05 bits per heavy atom. The first-order valence-electron chi connectivity index (χ1n) is 6.66. The summed E-state index contributed by atoms with van der Waals surface area (Å²) in [4.78, 5) is 15.4. The Morgan fingerprint density at radius 2 is 2.10 bits per heavy atom. The molecule has 106 valence electrons. The van der Waals surface area contributed by atoms with Crippen molar-refractivity contribution in [3.05, 3.63) is 36.9 Å². The minimum absolute atomic E-state index is 0.0761. The van der Waals surface area contributed by atoms with Crippen LogP contribution in [0.5, 0.6) is 11.5 Å². The van der Waals surface area contributed by atoms with Crippen molar-refractivity contribution in [2.45, 2.75) is 6.10 Å². The number of ether oxygens (including phenoxy) is 2. The lowest BCUT2D eigenvalue weighted by Gasteiger charge is -2.26. The van der Waals surface area contributed by atoms with Gasteiger partial charge in [-0.3, -0.25) is 0 Å². The monoisotopic (exact) mass is 283 g/mol. The normalized spacial score (nSPS) is 16.9. The van der Waals surface area contributed by atoms with Crippen LogP contribution >= 0.6 is 0 Å². The quantitative estimate of drug-likeness (QED) is 0.759. The molecule has 0 saturated carbocycles. The van der Waals surface area contributed by atoms with Gasteiger partial charge in [0, 0.05) is 0 Å². The second-order valence-corrected chi connectivity index (χ2v) is 4.70. The van der Waals surface area contributed by atoms with Crippen molar-refractivity contribution in [3.8, 4) is 11.5 Å². The van der Waals surface area contributed by atoms with E-state index in [1.807, 2.05) is 24.3 Å². The Kier molecular flexibility index (Phi) is 2.81. The third-order valence-corrected chi connectivity index (χ3v) is 3.29. The van der Waals surface area contributed by atoms with Crippen LogP contribution in [-0.4, -0.2) is 39.2 Å². The molecule has 0 fully saturated rings. The number of nitrogens with one attached hydrogen (secondary N) is 2. The van der Waals surface area contributed by atoms with E-state index in [9.17, 15) is 0 Å². The van der Waals surface area contributed by atoms with E-state index in [2.05, 4.69) is 25.3 Å². The average Bonchev–Trinajstić information content (AvgIpc) is 3.02. The van der Waals surface area contributed by atoms with Gasteiger partial charge in [-0.1, -0.05) is 12.1 Å². The molecule has 0 aliphatic carbocycles. The summed E-state index contributed by atoms with van der Waals surface area (Å²) in [6, 6.07) is 7.66. The summed E-state index contributed by atoms with van der Waals surface area (Å²) in [5.74, 6) is 2.26. The number of imidazole rings is 1. The van der Waals surface area contributed by atoms with Crippen LogP contribution in [0.1, 0.15) is 0 Å². The van der Waals surface area contributed by atoms with E-state index in [0.29, 0.717) is 24.6 Å². The van der Waals surface area contributed by atoms with Crippen molar-refractivity contribution < 1.29 is 9.47 Å². The first-order chi connectivity index (χ1) is 10.4. The Hall–Kier alpha value is -2.83. The van der Waals surface area contributed by atoms with Gasteiger partial charge in [0.25, 0.3) is 0 Å². The highest BCUT2D eigenvalue weighted by molar-refractivity contribution is 5.81. The van der Waals surface area contributed by atoms with Crippen LogP contribution in [0.4, 0.5) is 5.82 Å². The number of fused-ring (bicyclic) bond motifs is 2. The van der Waals surface area contributed by atoms with Gasteiger partial charge < -0.3 is 19.8 Å². The smallest absolute Gasteiger partial charge is 0.182 e. The highest BCUT2D eigenvalue weighted by Crippen LogP contribution is 2.30. The van der Waals surface area contributed by atoms with E-state index < -0.39 is 0 Å². The molecule has 7 heteroatoms. The van der Waals surface area contributed by atoms with E-state index in [1.54, 1.807) is 6.33 Å². The lowest BCUT2D eigenvalue weighted by Crippen LogP contribution is -2.35. The third-order valence-electron chi connectivity index (χ3n) is 3.29. The minimum atomic E-state index is -0.0761. The fourth-order valence-electron chi connectivity index (χ4n) is 2.27. The Labute approximate surface area is 120 Å². The summed E-state index contributed by atoms with van der Waals surface area (Å²) in [6.45, 7) is 1.08. The van der Waals surface area contributed by atoms with Gasteiger partial charge in [0.05, 0.1) is 12.9 Å². The number of H-pyrrole nitrogens is 1. The van der Waals surface area contributed by atoms with E-state index in [1.165, 1.54) is 6.33 Å². The molecular formula is C14H13N5O2. The summed E-state index contributed by atoms with van der Waals surface area (Å²) in [7, 11) is 0. The molecular weight excluding hydrogens is 270 g/mol. The van der Waals surface area contributed by atoms with Crippen molar-refractivity contribution in [2.24, 2.45) is 0 Å². The van der Waals surface area contributed by atoms with Crippen molar-refractivity contribution in [2.75, 3.05) is 18.5 Å². The van der Waals surface area contributed by atoms with Gasteiger partial charge in [-0.15, -0.1) is 0 Å². The fraction of sp³-hybridized carbons (Fsp3) is 0.214. The largest absolute Gasteiger partial charge is 0.486 e. The second-order valence-electron chi connectivity index (χ2n) is 4.70. The number of rotatable bonds is 3. The Bertz CT molecular complexity index is 773. The lowest BCUT2D eigenvalue weighted by atomic mass is 10.2. The molecule has 1 aliphatic heterocycles. The molecule has 7 nitrogen and oxygen atoms in total. The maximum atomic E-state index is 5.89. The molecule has 3 aromatic rings. The van der Waals surface area contributed by atoms with Crippen LogP contribution in [0.2, 0.25) is 0 Å². The van der Waals surface area contributed by atoms with Crippen LogP contribution in [0.3, 0.4) is 0 Å². The molecule has 0 saturated heterocycles. The lowest BCUT2D eigenvalue weighted by molar-refractivity contribution is 0.0997. The zero-order chi connectivity index (χ0) is 14.1. The number of nitrogens with zero attached hydrogens (tertiary/aromatic N) is 3. The molecule has 0 bridgehead atoms. The first kappa shape index (κ1) is 12.0. The third kappa shape index (κ3) is 2.22. The molecule has 3 heterocycles. The van der Waals surface area contributed by atoms with Crippen molar-refractivity contribution in [1.29, 1.82) is 0 Å². The van der Waals surface area contributed by atoms with Crippen LogP contribution in [0.25, 0.3) is 11.2 Å². The molecule has 21 heavy (non-hydrogen) atoms. The van der Waals surface area contributed by atoms with Gasteiger partial charge in [0.15, 0.2) is 23.0 Å². The molecule has 2 N–H and O–H groups in total. The van der Waals surface area contributed by atoms with Crippen molar-refractivity contribution in [1.82, 2.24) is 19.9 Å². The van der Waals surface area contributed by atoms with Gasteiger partial charge in [0.1, 0.15) is 24.6 Å². The minimum Gasteiger partial charge on any atom is -0.486 e. The summed E-state index contributed by atoms with van der Waals surface area (Å²) >= 11 is 0. The van der Waals surface area contributed by atoms with Crippen LogP contribution in [0, 0.1) is 0 Å². The standard InChI is InChI=1S/C14H13N5O2/c1-2-4-11-10(3-1)20-6-9(21-11)5-15-13-12-14(17-7-16-12)19-8-18-13/h1-4,7-9H,5-6H2,(H2,15,16,17,18,19)/t9-/m0/s1. The summed E-state index contributed by atoms with van der Waals surface area (Å²) in [5.41, 5.74) is 1.42. The SMILES string of the molecule is c1ccc2c(c1)OC[C@H](CNc1ncnc3nc[nH]c13)O2. The maximum Gasteiger partial charge on any atom is 0.182 e. The van der Waals surface area contributed by atoms with Crippen molar-refractivity contribution in [3.63, 3.8) is 0 Å². The number of benzene rings is 1. The zero-order valence-corrected chi connectivity index (χ0v) is 11.1. The van der Waals surface area contributed by atoms with Gasteiger partial charge in [-0.25, -0.2) is 15.0 Å². The van der Waals surface area contributed by atoms with E-state index >= 15 is 0 Å². The fourth-order valence-corrected chi connectivity index (χ4v) is 2.27. The number of hydrogen-bond acceptors (Lipinski definition) is 6. The molecule has 0 unspecified atom stereocenters. The molecule has 0 amide bonds. The van der Waals surface area contributed by atoms with Crippen LogP contribution in [0.15, 0.2) is 36.9 Å². The van der Waals surface area contributed by atoms with Gasteiger partial charge >= 0.3 is 0 Å². The topological polar surface area (TPSA) is 85.0 Å². The van der Waals surface area contributed by atoms with E-state index in [4.69, 9.17) is 9.47 Å². The molecule has 2 aromatic heterocycles. The Balaban J connectivity index is 1.47. The molecule has 0 spiro atoms. The summed E-state index contributed by atoms with van der Waals surface area (Å²) in [5, 5.41) is 3.25. The maximum absolute atomic E-state index is 5.89. The predicted octanol–water partition coefficient (Wildman–Crippen LogP) is 1.60. The van der Waals surface area contributed by atoms with Crippen LogP contribution < -0.4 is 14.8 Å². The molecule has 4 rings (SSSR count). The number of aromatic amines is 1. The van der Waals surface area contributed by atoms with Gasteiger partial charge in [-0.05, 0) is 12.1 Å². The highest BCUT2D eigenvalue weighted by atomic mass is 16.6.